The Morgan fingerprint density at radius 3 is 1.79 bits per heavy atom. The lowest BCUT2D eigenvalue weighted by atomic mass is 10.2. The normalized spacial score (nSPS) is 18.9. The van der Waals surface area contributed by atoms with Crippen molar-refractivity contribution in [3.8, 4) is 0 Å². The molecule has 2 aromatic rings. The minimum atomic E-state index is 0.917. The molecule has 33 heavy (non-hydrogen) atoms. The van der Waals surface area contributed by atoms with Gasteiger partial charge < -0.3 is 24.5 Å². The SMILES string of the molecule is CCC(=Nc1ccc2nc(N3CCN(C)CC3)c(N3CCN(C)CC3)nc2c1)N(CC)CC. The Morgan fingerprint density at radius 2 is 1.30 bits per heavy atom. The number of anilines is 2. The van der Waals surface area contributed by atoms with Gasteiger partial charge in [-0.25, -0.2) is 15.0 Å². The third-order valence-electron chi connectivity index (χ3n) is 6.92. The van der Waals surface area contributed by atoms with Crippen LogP contribution < -0.4 is 9.80 Å². The van der Waals surface area contributed by atoms with Gasteiger partial charge in [-0.2, -0.15) is 0 Å². The van der Waals surface area contributed by atoms with Crippen LogP contribution in [0.15, 0.2) is 23.2 Å². The monoisotopic (exact) mass is 452 g/mol. The highest BCUT2D eigenvalue weighted by Crippen LogP contribution is 2.31. The van der Waals surface area contributed by atoms with Crippen LogP contribution >= 0.6 is 0 Å². The van der Waals surface area contributed by atoms with E-state index in [1.807, 2.05) is 0 Å². The summed E-state index contributed by atoms with van der Waals surface area (Å²) in [5.41, 5.74) is 2.83. The van der Waals surface area contributed by atoms with Crippen LogP contribution in [0.2, 0.25) is 0 Å². The number of fused-ring (bicyclic) bond motifs is 1. The molecule has 2 aliphatic rings. The van der Waals surface area contributed by atoms with Crippen molar-refractivity contribution in [1.29, 1.82) is 0 Å². The largest absolute Gasteiger partial charge is 0.361 e. The smallest absolute Gasteiger partial charge is 0.172 e. The van der Waals surface area contributed by atoms with Gasteiger partial charge in [-0.05, 0) is 46.1 Å². The van der Waals surface area contributed by atoms with Crippen LogP contribution in [-0.2, 0) is 0 Å². The summed E-state index contributed by atoms with van der Waals surface area (Å²) in [6.07, 6.45) is 0.917. The van der Waals surface area contributed by atoms with E-state index in [1.54, 1.807) is 0 Å². The number of hydrogen-bond donors (Lipinski definition) is 0. The molecule has 0 spiro atoms. The molecule has 2 fully saturated rings. The van der Waals surface area contributed by atoms with Crippen LogP contribution in [0, 0.1) is 0 Å². The highest BCUT2D eigenvalue weighted by atomic mass is 15.3. The summed E-state index contributed by atoms with van der Waals surface area (Å²) in [6.45, 7) is 16.6. The van der Waals surface area contributed by atoms with Gasteiger partial charge in [-0.1, -0.05) is 6.92 Å². The number of aromatic nitrogens is 2. The first-order chi connectivity index (χ1) is 16.0. The van der Waals surface area contributed by atoms with Crippen molar-refractivity contribution in [2.45, 2.75) is 27.2 Å². The fraction of sp³-hybridized carbons (Fsp3) is 0.640. The number of hydrogen-bond acceptors (Lipinski definition) is 7. The maximum atomic E-state index is 5.20. The average Bonchev–Trinajstić information content (AvgIpc) is 2.84. The van der Waals surface area contributed by atoms with Crippen LogP contribution in [0.1, 0.15) is 27.2 Å². The Kier molecular flexibility index (Phi) is 7.65. The Morgan fingerprint density at radius 1 is 0.788 bits per heavy atom. The van der Waals surface area contributed by atoms with E-state index in [0.717, 1.165) is 106 Å². The Bertz CT molecular complexity index is 954. The van der Waals surface area contributed by atoms with Crippen molar-refractivity contribution >= 4 is 34.2 Å². The molecule has 0 aliphatic carbocycles. The summed E-state index contributed by atoms with van der Waals surface area (Å²) in [6, 6.07) is 6.28. The number of benzene rings is 1. The molecule has 0 unspecified atom stereocenters. The van der Waals surface area contributed by atoms with Crippen molar-refractivity contribution < 1.29 is 0 Å². The minimum absolute atomic E-state index is 0.917. The molecule has 180 valence electrons. The Balaban J connectivity index is 1.73. The van der Waals surface area contributed by atoms with Crippen molar-refractivity contribution in [2.24, 2.45) is 4.99 Å². The second-order valence-electron chi connectivity index (χ2n) is 9.18. The van der Waals surface area contributed by atoms with Gasteiger partial charge in [-0.15, -0.1) is 0 Å². The maximum absolute atomic E-state index is 5.20. The zero-order valence-electron chi connectivity index (χ0n) is 21.1. The number of amidine groups is 1. The predicted molar refractivity (Wildman–Crippen MR) is 139 cm³/mol. The fourth-order valence-corrected chi connectivity index (χ4v) is 4.67. The molecule has 1 aromatic heterocycles. The second kappa shape index (κ2) is 10.7. The zero-order chi connectivity index (χ0) is 23.4. The van der Waals surface area contributed by atoms with Crippen LogP contribution in [0.5, 0.6) is 0 Å². The van der Waals surface area contributed by atoms with Crippen molar-refractivity contribution in [3.63, 3.8) is 0 Å². The third-order valence-corrected chi connectivity index (χ3v) is 6.92. The fourth-order valence-electron chi connectivity index (χ4n) is 4.67. The van der Waals surface area contributed by atoms with E-state index in [9.17, 15) is 0 Å². The highest BCUT2D eigenvalue weighted by molar-refractivity contribution is 5.88. The van der Waals surface area contributed by atoms with E-state index in [-0.39, 0.29) is 0 Å². The first kappa shape index (κ1) is 23.7. The maximum Gasteiger partial charge on any atom is 0.172 e. The average molecular weight is 453 g/mol. The molecule has 0 radical (unpaired) electrons. The lowest BCUT2D eigenvalue weighted by Gasteiger charge is -2.38. The third kappa shape index (κ3) is 5.38. The van der Waals surface area contributed by atoms with Gasteiger partial charge in [0.25, 0.3) is 0 Å². The molecule has 8 nitrogen and oxygen atoms in total. The van der Waals surface area contributed by atoms with Crippen LogP contribution in [0.4, 0.5) is 17.3 Å². The quantitative estimate of drug-likeness (QED) is 0.493. The van der Waals surface area contributed by atoms with Crippen molar-refractivity contribution in [3.05, 3.63) is 18.2 Å². The molecule has 0 N–H and O–H groups in total. The van der Waals surface area contributed by atoms with Gasteiger partial charge in [0.2, 0.25) is 0 Å². The molecule has 0 atom stereocenters. The van der Waals surface area contributed by atoms with Crippen LogP contribution in [0.3, 0.4) is 0 Å². The zero-order valence-corrected chi connectivity index (χ0v) is 21.1. The first-order valence-corrected chi connectivity index (χ1v) is 12.5. The molecular weight excluding hydrogens is 412 g/mol. The molecule has 4 rings (SSSR count). The van der Waals surface area contributed by atoms with E-state index in [0.29, 0.717) is 0 Å². The van der Waals surface area contributed by atoms with E-state index < -0.39 is 0 Å². The second-order valence-corrected chi connectivity index (χ2v) is 9.18. The van der Waals surface area contributed by atoms with Crippen molar-refractivity contribution in [2.75, 3.05) is 89.3 Å². The number of likely N-dealkylation sites (N-methyl/N-ethyl adjacent to an activating group) is 2. The topological polar surface area (TPSA) is 54.3 Å². The van der Waals surface area contributed by atoms with Gasteiger partial charge in [0, 0.05) is 71.9 Å². The molecule has 2 saturated heterocycles. The summed E-state index contributed by atoms with van der Waals surface area (Å²) in [4.78, 5) is 27.3. The van der Waals surface area contributed by atoms with E-state index in [2.05, 4.69) is 77.6 Å². The molecule has 0 amide bonds. The standard InChI is InChI=1S/C25H40N8/c1-6-23(31(7-2)8-3)26-20-9-10-21-22(19-20)28-25(33-17-13-30(5)14-18-33)24(27-21)32-15-11-29(4)12-16-32/h9-10,19H,6-8,11-18H2,1-5H3. The molecule has 0 saturated carbocycles. The Hall–Kier alpha value is -2.45. The van der Waals surface area contributed by atoms with Gasteiger partial charge in [0.15, 0.2) is 11.6 Å². The number of rotatable bonds is 6. The number of nitrogens with zero attached hydrogens (tertiary/aromatic N) is 8. The number of aliphatic imine (C=N–C) groups is 1. The molecule has 2 aliphatic heterocycles. The lowest BCUT2D eigenvalue weighted by Crippen LogP contribution is -2.48. The highest BCUT2D eigenvalue weighted by Gasteiger charge is 2.25. The molecule has 0 bridgehead atoms. The molecule has 1 aromatic carbocycles. The summed E-state index contributed by atoms with van der Waals surface area (Å²) in [5.74, 6) is 3.19. The van der Waals surface area contributed by atoms with Crippen molar-refractivity contribution in [1.82, 2.24) is 24.7 Å². The molecular formula is C25H40N8. The van der Waals surface area contributed by atoms with Gasteiger partial charge in [-0.3, -0.25) is 0 Å². The summed E-state index contributed by atoms with van der Waals surface area (Å²) in [5, 5.41) is 0. The molecule has 8 heteroatoms. The van der Waals surface area contributed by atoms with Crippen LogP contribution in [0.25, 0.3) is 11.0 Å². The number of piperazine rings is 2. The lowest BCUT2D eigenvalue weighted by molar-refractivity contribution is 0.308. The van der Waals surface area contributed by atoms with Gasteiger partial charge >= 0.3 is 0 Å². The molecule has 3 heterocycles. The van der Waals surface area contributed by atoms with E-state index in [4.69, 9.17) is 15.0 Å². The summed E-state index contributed by atoms with van der Waals surface area (Å²) < 4.78 is 0. The van der Waals surface area contributed by atoms with E-state index >= 15 is 0 Å². The van der Waals surface area contributed by atoms with Crippen LogP contribution in [-0.4, -0.2) is 110 Å². The Labute approximate surface area is 198 Å². The predicted octanol–water partition coefficient (Wildman–Crippen LogP) is 2.92. The summed E-state index contributed by atoms with van der Waals surface area (Å²) in [7, 11) is 4.38. The van der Waals surface area contributed by atoms with Gasteiger partial charge in [0.1, 0.15) is 5.84 Å². The van der Waals surface area contributed by atoms with E-state index in [1.165, 1.54) is 0 Å². The minimum Gasteiger partial charge on any atom is -0.361 e. The summed E-state index contributed by atoms with van der Waals surface area (Å²) >= 11 is 0. The van der Waals surface area contributed by atoms with Gasteiger partial charge in [0.05, 0.1) is 16.7 Å². The first-order valence-electron chi connectivity index (χ1n) is 12.5.